The normalized spacial score (nSPS) is 16.3. The zero-order chi connectivity index (χ0) is 23.9. The van der Waals surface area contributed by atoms with Crippen LogP contribution in [-0.2, 0) is 15.3 Å². The molecule has 3 nitrogen and oxygen atoms in total. The van der Waals surface area contributed by atoms with Crippen molar-refractivity contribution < 1.29 is 8.42 Å². The van der Waals surface area contributed by atoms with Gasteiger partial charge in [0.2, 0.25) is 9.84 Å². The van der Waals surface area contributed by atoms with Crippen LogP contribution >= 0.6 is 0 Å². The Kier molecular flexibility index (Phi) is 4.00. The van der Waals surface area contributed by atoms with Crippen LogP contribution in [0.2, 0.25) is 0 Å². The fourth-order valence-corrected chi connectivity index (χ4v) is 7.86. The quantitative estimate of drug-likeness (QED) is 0.245. The van der Waals surface area contributed by atoms with Crippen LogP contribution in [-0.4, -0.2) is 8.42 Å². The topological polar surface area (TPSA) is 37.4 Å². The molecular formula is C31H23NO2S. The molecule has 0 aliphatic carbocycles. The number of hydrogen-bond acceptors (Lipinski definition) is 3. The van der Waals surface area contributed by atoms with Crippen molar-refractivity contribution in [2.45, 2.75) is 29.1 Å². The van der Waals surface area contributed by atoms with E-state index in [1.807, 2.05) is 18.2 Å². The van der Waals surface area contributed by atoms with Crippen molar-refractivity contribution in [1.29, 1.82) is 0 Å². The maximum Gasteiger partial charge on any atom is 0.207 e. The number of nitrogens with zero attached hydrogens (tertiary/aromatic N) is 1. The average molecular weight is 474 g/mol. The van der Waals surface area contributed by atoms with Crippen LogP contribution in [0, 0.1) is 0 Å². The zero-order valence-electron chi connectivity index (χ0n) is 19.5. The van der Waals surface area contributed by atoms with Crippen LogP contribution in [0.3, 0.4) is 0 Å². The van der Waals surface area contributed by atoms with Crippen molar-refractivity contribution in [3.05, 3.63) is 114 Å². The molecular weight excluding hydrogens is 450 g/mol. The molecule has 5 aromatic rings. The molecule has 2 heterocycles. The molecule has 7 rings (SSSR count). The third-order valence-corrected chi connectivity index (χ3v) is 9.46. The minimum Gasteiger partial charge on any atom is -0.309 e. The Morgan fingerprint density at radius 2 is 1.29 bits per heavy atom. The summed E-state index contributed by atoms with van der Waals surface area (Å²) in [4.78, 5) is 3.08. The lowest BCUT2D eigenvalue weighted by Crippen LogP contribution is -2.30. The molecule has 5 aromatic carbocycles. The number of rotatable bonds is 1. The lowest BCUT2D eigenvalue weighted by molar-refractivity contribution is 0.555. The smallest absolute Gasteiger partial charge is 0.207 e. The van der Waals surface area contributed by atoms with E-state index < -0.39 is 15.3 Å². The number of para-hydroxylation sites is 1. The van der Waals surface area contributed by atoms with Crippen LogP contribution in [0.15, 0.2) is 113 Å². The minimum atomic E-state index is -3.59. The van der Waals surface area contributed by atoms with Gasteiger partial charge in [-0.3, -0.25) is 0 Å². The van der Waals surface area contributed by atoms with Gasteiger partial charge in [0.05, 0.1) is 21.2 Å². The van der Waals surface area contributed by atoms with E-state index in [0.29, 0.717) is 9.79 Å². The van der Waals surface area contributed by atoms with Gasteiger partial charge in [-0.25, -0.2) is 8.42 Å². The second kappa shape index (κ2) is 6.83. The molecule has 0 bridgehead atoms. The molecule has 0 N–H and O–H groups in total. The van der Waals surface area contributed by atoms with Crippen molar-refractivity contribution >= 4 is 37.7 Å². The van der Waals surface area contributed by atoms with E-state index in [-0.39, 0.29) is 0 Å². The summed E-state index contributed by atoms with van der Waals surface area (Å²) in [6, 6.07) is 34.5. The first-order chi connectivity index (χ1) is 16.9. The Morgan fingerprint density at radius 1 is 0.629 bits per heavy atom. The summed E-state index contributed by atoms with van der Waals surface area (Å²) in [5.74, 6) is 0. The lowest BCUT2D eigenvalue weighted by atomic mass is 9.77. The van der Waals surface area contributed by atoms with E-state index in [2.05, 4.69) is 85.5 Å². The van der Waals surface area contributed by atoms with E-state index in [1.54, 1.807) is 18.2 Å². The Bertz CT molecular complexity index is 1800. The van der Waals surface area contributed by atoms with Crippen LogP contribution < -0.4 is 4.90 Å². The predicted molar refractivity (Wildman–Crippen MR) is 142 cm³/mol. The maximum atomic E-state index is 13.6. The molecule has 0 amide bonds. The van der Waals surface area contributed by atoms with Crippen molar-refractivity contribution in [1.82, 2.24) is 0 Å². The predicted octanol–water partition coefficient (Wildman–Crippen LogP) is 7.76. The van der Waals surface area contributed by atoms with E-state index in [4.69, 9.17) is 0 Å². The van der Waals surface area contributed by atoms with Crippen molar-refractivity contribution in [2.75, 3.05) is 4.90 Å². The van der Waals surface area contributed by atoms with E-state index in [1.165, 1.54) is 21.9 Å². The second-order valence-electron chi connectivity index (χ2n) is 9.84. The molecule has 0 saturated heterocycles. The van der Waals surface area contributed by atoms with Gasteiger partial charge in [0.1, 0.15) is 0 Å². The van der Waals surface area contributed by atoms with Gasteiger partial charge in [0.15, 0.2) is 0 Å². The van der Waals surface area contributed by atoms with Crippen LogP contribution in [0.25, 0.3) is 21.9 Å². The van der Waals surface area contributed by atoms with Gasteiger partial charge in [0, 0.05) is 22.1 Å². The summed E-state index contributed by atoms with van der Waals surface area (Å²) in [5, 5.41) is 2.40. The molecule has 0 radical (unpaired) electrons. The Labute approximate surface area is 205 Å². The summed E-state index contributed by atoms with van der Waals surface area (Å²) in [5.41, 5.74) is 6.77. The third kappa shape index (κ3) is 2.63. The molecule has 2 aliphatic rings. The fraction of sp³-hybridized carbons (Fsp3) is 0.0968. The molecule has 0 fully saturated rings. The number of benzene rings is 5. The molecule has 0 atom stereocenters. The van der Waals surface area contributed by atoms with Gasteiger partial charge in [-0.05, 0) is 58.5 Å². The highest BCUT2D eigenvalue weighted by molar-refractivity contribution is 7.91. The standard InChI is InChI=1S/C31H23NO2S/c1-31(2)24-13-4-6-16-28(24)35(33,34)29-18-17-21(19-25(29)31)32-26-14-5-3-11-22(26)23-12-7-9-20-10-8-15-27(32)30(20)23/h3-19H,1-2H3. The van der Waals surface area contributed by atoms with Crippen molar-refractivity contribution in [2.24, 2.45) is 0 Å². The molecule has 0 spiro atoms. The number of sulfone groups is 1. The highest BCUT2D eigenvalue weighted by Crippen LogP contribution is 2.52. The van der Waals surface area contributed by atoms with Gasteiger partial charge in [0.25, 0.3) is 0 Å². The van der Waals surface area contributed by atoms with E-state index in [9.17, 15) is 8.42 Å². The van der Waals surface area contributed by atoms with Gasteiger partial charge in [-0.1, -0.05) is 80.6 Å². The summed E-state index contributed by atoms with van der Waals surface area (Å²) in [6.07, 6.45) is 0. The molecule has 2 aliphatic heterocycles. The van der Waals surface area contributed by atoms with Gasteiger partial charge in [-0.15, -0.1) is 0 Å². The van der Waals surface area contributed by atoms with Crippen LogP contribution in [0.1, 0.15) is 25.0 Å². The Balaban J connectivity index is 1.53. The molecule has 35 heavy (non-hydrogen) atoms. The van der Waals surface area contributed by atoms with E-state index >= 15 is 0 Å². The summed E-state index contributed by atoms with van der Waals surface area (Å²) < 4.78 is 27.1. The van der Waals surface area contributed by atoms with Crippen LogP contribution in [0.4, 0.5) is 17.1 Å². The largest absolute Gasteiger partial charge is 0.309 e. The lowest BCUT2D eigenvalue weighted by Gasteiger charge is -2.37. The zero-order valence-corrected chi connectivity index (χ0v) is 20.3. The SMILES string of the molecule is CC1(C)c2ccccc2S(=O)(=O)c2ccc(N3c4ccccc4-c4cccc5cccc3c45)cc21. The first-order valence-electron chi connectivity index (χ1n) is 11.8. The molecule has 0 aromatic heterocycles. The highest BCUT2D eigenvalue weighted by atomic mass is 32.2. The van der Waals surface area contributed by atoms with Gasteiger partial charge < -0.3 is 4.90 Å². The second-order valence-corrected chi connectivity index (χ2v) is 11.7. The first-order valence-corrected chi connectivity index (χ1v) is 13.3. The van der Waals surface area contributed by atoms with Crippen molar-refractivity contribution in [3.63, 3.8) is 0 Å². The third-order valence-electron chi connectivity index (χ3n) is 7.59. The van der Waals surface area contributed by atoms with Crippen LogP contribution in [0.5, 0.6) is 0 Å². The number of hydrogen-bond donors (Lipinski definition) is 0. The summed E-state index contributed by atoms with van der Waals surface area (Å²) >= 11 is 0. The molecule has 170 valence electrons. The Hall–Kier alpha value is -3.89. The number of fused-ring (bicyclic) bond motifs is 4. The first kappa shape index (κ1) is 20.5. The Morgan fingerprint density at radius 3 is 2.14 bits per heavy atom. The monoisotopic (exact) mass is 473 g/mol. The summed E-state index contributed by atoms with van der Waals surface area (Å²) in [6.45, 7) is 4.23. The van der Waals surface area contributed by atoms with Gasteiger partial charge in [-0.2, -0.15) is 0 Å². The number of anilines is 3. The molecule has 4 heteroatoms. The minimum absolute atomic E-state index is 0.397. The van der Waals surface area contributed by atoms with E-state index in [0.717, 1.165) is 28.2 Å². The summed E-state index contributed by atoms with van der Waals surface area (Å²) in [7, 11) is -3.59. The van der Waals surface area contributed by atoms with Gasteiger partial charge >= 0.3 is 0 Å². The highest BCUT2D eigenvalue weighted by Gasteiger charge is 2.41. The molecule has 0 saturated carbocycles. The fourth-order valence-electron chi connectivity index (χ4n) is 5.90. The average Bonchev–Trinajstić information content (AvgIpc) is 2.88. The molecule has 0 unspecified atom stereocenters. The maximum absolute atomic E-state index is 13.6. The van der Waals surface area contributed by atoms with Crippen molar-refractivity contribution in [3.8, 4) is 11.1 Å².